The van der Waals surface area contributed by atoms with Crippen LogP contribution in [-0.2, 0) is 33.2 Å². The van der Waals surface area contributed by atoms with Crippen molar-refractivity contribution in [3.05, 3.63) is 0 Å². The molecule has 0 radical (unpaired) electrons. The van der Waals surface area contributed by atoms with Gasteiger partial charge in [-0.2, -0.15) is 0 Å². The van der Waals surface area contributed by atoms with Crippen LogP contribution in [0.4, 0.5) is 0 Å². The van der Waals surface area contributed by atoms with Crippen LogP contribution in [0, 0.1) is 35.5 Å². The summed E-state index contributed by atoms with van der Waals surface area (Å²) in [4.78, 5) is 11.7. The van der Waals surface area contributed by atoms with Gasteiger partial charge in [0.25, 0.3) is 0 Å². The molecule has 3 N–H and O–H groups in total. The van der Waals surface area contributed by atoms with E-state index in [0.29, 0.717) is 19.3 Å². The van der Waals surface area contributed by atoms with Crippen LogP contribution in [0.25, 0.3) is 0 Å². The minimum atomic E-state index is -1.57. The summed E-state index contributed by atoms with van der Waals surface area (Å²) in [5.74, 6) is -4.97. The van der Waals surface area contributed by atoms with Crippen molar-refractivity contribution in [2.75, 3.05) is 13.7 Å². The summed E-state index contributed by atoms with van der Waals surface area (Å²) in [5, 5.41) is 43.9. The van der Waals surface area contributed by atoms with E-state index in [0.717, 1.165) is 32.1 Å². The molecule has 0 aromatic rings. The van der Waals surface area contributed by atoms with Gasteiger partial charge in [0.15, 0.2) is 11.6 Å². The van der Waals surface area contributed by atoms with Crippen molar-refractivity contribution in [2.45, 2.75) is 172 Å². The first kappa shape index (κ1) is 40.9. The van der Waals surface area contributed by atoms with Crippen LogP contribution in [0.15, 0.2) is 0 Å². The maximum absolute atomic E-state index is 11.7. The zero-order valence-electron chi connectivity index (χ0n) is 31.0. The number of hydrogen-bond acceptors (Lipinski definition) is 11. The molecule has 5 rings (SSSR count). The molecule has 17 atom stereocenters. The predicted molar refractivity (Wildman–Crippen MR) is 170 cm³/mol. The number of ether oxygens (including phenoxy) is 6. The monoisotopic (exact) mass is 692 g/mol. The quantitative estimate of drug-likeness (QED) is 0.264. The van der Waals surface area contributed by atoms with E-state index in [1.54, 1.807) is 6.92 Å². The van der Waals surface area contributed by atoms with Gasteiger partial charge in [0, 0.05) is 49.6 Å². The van der Waals surface area contributed by atoms with Crippen molar-refractivity contribution in [1.29, 1.82) is 0 Å². The standard InChI is InChI=1S/C36H62O11.Na/c1-10-34(31-20(3)16-26(43-31)28-19(2)15-21(4)36(41,18-37)46-28)12-11-27(44-34)33(8)13-14-35(47-33)17-25(38)22(5)30(45-35)23(6)29(42-9)24(7)32(39)40;/h19-31,37-38,41H,10-18H2,1-9H3,(H,39,40);/q;+1/p-1/t19-,20-,21+,22+,23-,24-,25-,26+,27?,28?,29+,30?,31?,33-,34-,35?,36-;/m0./s1. The Morgan fingerprint density at radius 3 is 2.33 bits per heavy atom. The normalized spacial score (nSPS) is 49.8. The van der Waals surface area contributed by atoms with Gasteiger partial charge < -0.3 is 53.6 Å². The van der Waals surface area contributed by atoms with Crippen LogP contribution in [-0.4, -0.2) is 101 Å². The number of rotatable bonds is 10. The summed E-state index contributed by atoms with van der Waals surface area (Å²) in [5.41, 5.74) is -1.16. The van der Waals surface area contributed by atoms with Gasteiger partial charge in [0.05, 0.1) is 60.5 Å². The number of carboxylic acids is 1. The van der Waals surface area contributed by atoms with Crippen molar-refractivity contribution in [3.63, 3.8) is 0 Å². The van der Waals surface area contributed by atoms with Gasteiger partial charge in [0.2, 0.25) is 0 Å². The number of aliphatic hydroxyl groups excluding tert-OH is 2. The molecule has 0 aromatic carbocycles. The van der Waals surface area contributed by atoms with E-state index >= 15 is 0 Å². The van der Waals surface area contributed by atoms with Crippen molar-refractivity contribution in [2.24, 2.45) is 35.5 Å². The maximum Gasteiger partial charge on any atom is 1.00 e. The van der Waals surface area contributed by atoms with Gasteiger partial charge >= 0.3 is 29.6 Å². The van der Waals surface area contributed by atoms with E-state index in [2.05, 4.69) is 27.7 Å². The number of hydrogen-bond donors (Lipinski definition) is 3. The van der Waals surface area contributed by atoms with E-state index in [1.807, 2.05) is 20.8 Å². The maximum atomic E-state index is 11.7. The Morgan fingerprint density at radius 1 is 1.04 bits per heavy atom. The Labute approximate surface area is 309 Å². The van der Waals surface area contributed by atoms with Crippen LogP contribution in [0.2, 0.25) is 0 Å². The van der Waals surface area contributed by atoms with Gasteiger partial charge in [-0.1, -0.05) is 48.5 Å². The third-order valence-electron chi connectivity index (χ3n) is 13.0. The zero-order valence-corrected chi connectivity index (χ0v) is 33.0. The minimum Gasteiger partial charge on any atom is -0.550 e. The number of aliphatic carboxylic acids is 1. The van der Waals surface area contributed by atoms with Crippen LogP contribution < -0.4 is 34.7 Å². The largest absolute Gasteiger partial charge is 1.00 e. The van der Waals surface area contributed by atoms with Crippen molar-refractivity contribution < 1.29 is 83.2 Å². The molecule has 5 aliphatic heterocycles. The molecule has 0 aliphatic carbocycles. The van der Waals surface area contributed by atoms with Crippen LogP contribution in [0.1, 0.15) is 107 Å². The first-order valence-corrected chi connectivity index (χ1v) is 18.1. The first-order chi connectivity index (χ1) is 22.0. The number of carboxylic acid groups (broad SMARTS) is 1. The Balaban J connectivity index is 0.00000520. The Kier molecular flexibility index (Phi) is 13.0. The molecule has 5 aliphatic rings. The van der Waals surface area contributed by atoms with Gasteiger partial charge in [-0.15, -0.1) is 0 Å². The summed E-state index contributed by atoms with van der Waals surface area (Å²) in [6.07, 6.45) is 2.81. The van der Waals surface area contributed by atoms with E-state index in [-0.39, 0.29) is 83.6 Å². The Hall–Kier alpha value is 0.110. The summed E-state index contributed by atoms with van der Waals surface area (Å²) < 4.78 is 39.3. The topological polar surface area (TPSA) is 156 Å². The molecule has 5 saturated heterocycles. The van der Waals surface area contributed by atoms with Gasteiger partial charge in [-0.3, -0.25) is 0 Å². The summed E-state index contributed by atoms with van der Waals surface area (Å²) >= 11 is 0. The van der Waals surface area contributed by atoms with E-state index < -0.39 is 59.6 Å². The number of carbonyl (C=O) groups is 1. The molecule has 5 fully saturated rings. The summed E-state index contributed by atoms with van der Waals surface area (Å²) in [6, 6.07) is 0. The molecule has 1 spiro atoms. The van der Waals surface area contributed by atoms with E-state index in [4.69, 9.17) is 28.4 Å². The average Bonchev–Trinajstić information content (AvgIpc) is 3.73. The van der Waals surface area contributed by atoms with Crippen LogP contribution >= 0.6 is 0 Å². The molecule has 12 heteroatoms. The first-order valence-electron chi connectivity index (χ1n) is 18.1. The second-order valence-corrected chi connectivity index (χ2v) is 16.3. The van der Waals surface area contributed by atoms with E-state index in [1.165, 1.54) is 7.11 Å². The third kappa shape index (κ3) is 7.33. The van der Waals surface area contributed by atoms with Crippen LogP contribution in [0.5, 0.6) is 0 Å². The van der Waals surface area contributed by atoms with Crippen molar-refractivity contribution in [3.8, 4) is 0 Å². The second-order valence-electron chi connectivity index (χ2n) is 16.3. The smallest absolute Gasteiger partial charge is 0.550 e. The van der Waals surface area contributed by atoms with Gasteiger partial charge in [0.1, 0.15) is 0 Å². The number of aliphatic hydroxyl groups is 3. The van der Waals surface area contributed by atoms with Crippen LogP contribution in [0.3, 0.4) is 0 Å². The minimum absolute atomic E-state index is 0. The predicted octanol–water partition coefficient (Wildman–Crippen LogP) is -0.0578. The molecular formula is C36H61NaO11. The Morgan fingerprint density at radius 2 is 1.73 bits per heavy atom. The molecule has 5 heterocycles. The fourth-order valence-corrected chi connectivity index (χ4v) is 9.91. The number of carbonyl (C=O) groups excluding carboxylic acids is 1. The summed E-state index contributed by atoms with van der Waals surface area (Å²) in [7, 11) is 1.50. The molecular weight excluding hydrogens is 631 g/mol. The van der Waals surface area contributed by atoms with E-state index in [9.17, 15) is 25.2 Å². The fourth-order valence-electron chi connectivity index (χ4n) is 9.91. The molecule has 0 bridgehead atoms. The summed E-state index contributed by atoms with van der Waals surface area (Å²) in [6.45, 7) is 15.4. The molecule has 0 amide bonds. The van der Waals surface area contributed by atoms with Gasteiger partial charge in [-0.05, 0) is 57.3 Å². The molecule has 48 heavy (non-hydrogen) atoms. The van der Waals surface area contributed by atoms with Crippen molar-refractivity contribution >= 4 is 5.97 Å². The molecule has 0 saturated carbocycles. The SMILES string of the molecule is CC[C@@]1(C2O[C@@H](C3O[C@@](O)(CO)[C@H](C)C[C@@H]3C)C[C@@H]2C)CCC([C@]2(C)CCC3(C[C@H](O)[C@@H](C)C([C@@H](C)[C@@H](OC)[C@H](C)C(=O)[O-])O3)O2)O1.[Na+]. The average molecular weight is 693 g/mol. The van der Waals surface area contributed by atoms with Gasteiger partial charge in [-0.25, -0.2) is 0 Å². The van der Waals surface area contributed by atoms with Crippen molar-refractivity contribution in [1.82, 2.24) is 0 Å². The molecule has 11 nitrogen and oxygen atoms in total. The molecule has 5 unspecified atom stereocenters. The second kappa shape index (κ2) is 15.2. The number of methoxy groups -OCH3 is 1. The Bertz CT molecular complexity index is 1110. The molecule has 272 valence electrons. The zero-order chi connectivity index (χ0) is 34.7. The molecule has 0 aromatic heterocycles. The third-order valence-corrected chi connectivity index (χ3v) is 13.0. The fraction of sp³-hybridized carbons (Fsp3) is 0.972.